The van der Waals surface area contributed by atoms with Crippen molar-refractivity contribution in [1.82, 2.24) is 5.43 Å². The van der Waals surface area contributed by atoms with Gasteiger partial charge in [0.25, 0.3) is 11.8 Å². The summed E-state index contributed by atoms with van der Waals surface area (Å²) in [5, 5.41) is 1.26. The van der Waals surface area contributed by atoms with Gasteiger partial charge < -0.3 is 4.74 Å². The number of hydrogen-bond acceptors (Lipinski definition) is 3. The first kappa shape index (κ1) is 16.8. The third kappa shape index (κ3) is 3.71. The summed E-state index contributed by atoms with van der Waals surface area (Å²) in [6.07, 6.45) is 2.59. The van der Waals surface area contributed by atoms with Gasteiger partial charge in [0.15, 0.2) is 0 Å². The molecule has 3 rings (SSSR count). The first-order valence-electron chi connectivity index (χ1n) is 8.27. The van der Waals surface area contributed by atoms with E-state index in [1.807, 2.05) is 49.4 Å². The molecule has 1 aliphatic rings. The van der Waals surface area contributed by atoms with Crippen molar-refractivity contribution in [2.45, 2.75) is 26.4 Å². The van der Waals surface area contributed by atoms with Crippen LogP contribution in [-0.4, -0.2) is 17.9 Å². The lowest BCUT2D eigenvalue weighted by Gasteiger charge is -2.14. The van der Waals surface area contributed by atoms with Crippen LogP contribution in [0.1, 0.15) is 25.8 Å². The van der Waals surface area contributed by atoms with Crippen LogP contribution >= 0.6 is 0 Å². The Labute approximate surface area is 146 Å². The Balaban J connectivity index is 1.85. The molecular weight excluding hydrogens is 316 g/mol. The molecule has 1 fully saturated rings. The minimum Gasteiger partial charge on any atom is -0.491 e. The summed E-state index contributed by atoms with van der Waals surface area (Å²) in [6, 6.07) is 16.4. The molecule has 1 aliphatic heterocycles. The van der Waals surface area contributed by atoms with Crippen LogP contribution in [0.5, 0.6) is 5.75 Å². The zero-order chi connectivity index (χ0) is 17.8. The minimum absolute atomic E-state index is 0.101. The Hall–Kier alpha value is -3.08. The highest BCUT2D eigenvalue weighted by molar-refractivity contribution is 6.31. The second-order valence-corrected chi connectivity index (χ2v) is 5.88. The van der Waals surface area contributed by atoms with Gasteiger partial charge in [-0.25, -0.2) is 5.01 Å². The number of rotatable bonds is 5. The van der Waals surface area contributed by atoms with E-state index in [1.165, 1.54) is 5.01 Å². The fraction of sp³-hybridized carbons (Fsp3) is 0.200. The van der Waals surface area contributed by atoms with Gasteiger partial charge in [0.1, 0.15) is 11.3 Å². The SMILES string of the molecule is CC[C@H](C)Oc1cccc(/C=C2/C(=O)NN(c3ccccc3)C2=O)c1. The molecule has 5 nitrogen and oxygen atoms in total. The molecule has 25 heavy (non-hydrogen) atoms. The smallest absolute Gasteiger partial charge is 0.282 e. The molecule has 0 radical (unpaired) electrons. The maximum atomic E-state index is 12.6. The molecule has 0 aliphatic carbocycles. The maximum absolute atomic E-state index is 12.6. The molecule has 2 amide bonds. The van der Waals surface area contributed by atoms with Crippen molar-refractivity contribution in [3.05, 3.63) is 65.7 Å². The standard InChI is InChI=1S/C20H20N2O3/c1-3-14(2)25-17-11-7-8-15(12-17)13-18-19(23)21-22(20(18)24)16-9-5-4-6-10-16/h4-14H,3H2,1-2H3,(H,21,23)/b18-13-/t14-/m0/s1. The van der Waals surface area contributed by atoms with E-state index >= 15 is 0 Å². The molecule has 0 aromatic heterocycles. The average Bonchev–Trinajstić information content (AvgIpc) is 2.91. The second kappa shape index (κ2) is 7.21. The second-order valence-electron chi connectivity index (χ2n) is 5.88. The zero-order valence-electron chi connectivity index (χ0n) is 14.2. The van der Waals surface area contributed by atoms with Gasteiger partial charge in [-0.2, -0.15) is 0 Å². The summed E-state index contributed by atoms with van der Waals surface area (Å²) in [6.45, 7) is 4.05. The number of ether oxygens (including phenoxy) is 1. The Kier molecular flexibility index (Phi) is 4.84. The van der Waals surface area contributed by atoms with Gasteiger partial charge in [-0.05, 0) is 49.2 Å². The fourth-order valence-electron chi connectivity index (χ4n) is 2.48. The van der Waals surface area contributed by atoms with Crippen molar-refractivity contribution >= 4 is 23.6 Å². The predicted octanol–water partition coefficient (Wildman–Crippen LogP) is 3.33. The van der Waals surface area contributed by atoms with Crippen LogP contribution in [0, 0.1) is 0 Å². The highest BCUT2D eigenvalue weighted by Crippen LogP contribution is 2.23. The van der Waals surface area contributed by atoms with E-state index in [0.717, 1.165) is 17.7 Å². The Bertz CT molecular complexity index is 815. The summed E-state index contributed by atoms with van der Waals surface area (Å²) in [7, 11) is 0. The van der Waals surface area contributed by atoms with E-state index in [0.29, 0.717) is 5.69 Å². The van der Waals surface area contributed by atoms with Crippen LogP contribution in [0.3, 0.4) is 0 Å². The normalized spacial score (nSPS) is 16.9. The molecule has 5 heteroatoms. The van der Waals surface area contributed by atoms with Gasteiger partial charge in [-0.3, -0.25) is 15.0 Å². The third-order valence-electron chi connectivity index (χ3n) is 3.99. The zero-order valence-corrected chi connectivity index (χ0v) is 14.2. The summed E-state index contributed by atoms with van der Waals surface area (Å²) in [5.74, 6) is -0.0685. The molecule has 1 saturated heterocycles. The van der Waals surface area contributed by atoms with Gasteiger partial charge in [0.2, 0.25) is 0 Å². The predicted molar refractivity (Wildman–Crippen MR) is 96.9 cm³/mol. The molecule has 1 heterocycles. The third-order valence-corrected chi connectivity index (χ3v) is 3.99. The lowest BCUT2D eigenvalue weighted by molar-refractivity contribution is -0.117. The molecule has 128 valence electrons. The number of para-hydroxylation sites is 1. The number of carbonyl (C=O) groups excluding carboxylic acids is 2. The Morgan fingerprint density at radius 1 is 1.12 bits per heavy atom. The summed E-state index contributed by atoms with van der Waals surface area (Å²) >= 11 is 0. The molecule has 0 saturated carbocycles. The highest BCUT2D eigenvalue weighted by atomic mass is 16.5. The van der Waals surface area contributed by atoms with Crippen LogP contribution in [0.25, 0.3) is 6.08 Å². The number of nitrogens with zero attached hydrogens (tertiary/aromatic N) is 1. The molecule has 0 unspecified atom stereocenters. The molecular formula is C20H20N2O3. The monoisotopic (exact) mass is 336 g/mol. The van der Waals surface area contributed by atoms with Crippen molar-refractivity contribution in [1.29, 1.82) is 0 Å². The van der Waals surface area contributed by atoms with Crippen LogP contribution in [0.2, 0.25) is 0 Å². The molecule has 0 spiro atoms. The van der Waals surface area contributed by atoms with Gasteiger partial charge in [-0.15, -0.1) is 0 Å². The first-order chi connectivity index (χ1) is 12.1. The molecule has 1 atom stereocenters. The van der Waals surface area contributed by atoms with Crippen LogP contribution in [-0.2, 0) is 9.59 Å². The molecule has 0 bridgehead atoms. The van der Waals surface area contributed by atoms with Crippen molar-refractivity contribution in [3.8, 4) is 5.75 Å². The summed E-state index contributed by atoms with van der Waals surface area (Å²) < 4.78 is 5.79. The number of amides is 2. The molecule has 2 aromatic carbocycles. The number of nitrogens with one attached hydrogen (secondary N) is 1. The van der Waals surface area contributed by atoms with Crippen molar-refractivity contribution in [2.75, 3.05) is 5.01 Å². The largest absolute Gasteiger partial charge is 0.491 e. The number of hydrogen-bond donors (Lipinski definition) is 1. The topological polar surface area (TPSA) is 58.6 Å². The van der Waals surface area contributed by atoms with Gasteiger partial charge in [0, 0.05) is 0 Å². The van der Waals surface area contributed by atoms with Crippen molar-refractivity contribution < 1.29 is 14.3 Å². The summed E-state index contributed by atoms with van der Waals surface area (Å²) in [5.41, 5.74) is 4.06. The van der Waals surface area contributed by atoms with E-state index in [9.17, 15) is 9.59 Å². The lowest BCUT2D eigenvalue weighted by Crippen LogP contribution is -2.35. The van der Waals surface area contributed by atoms with E-state index in [1.54, 1.807) is 18.2 Å². The lowest BCUT2D eigenvalue weighted by atomic mass is 10.1. The van der Waals surface area contributed by atoms with E-state index in [2.05, 4.69) is 12.3 Å². The molecule has 1 N–H and O–H groups in total. The van der Waals surface area contributed by atoms with Gasteiger partial charge in [-0.1, -0.05) is 37.3 Å². The van der Waals surface area contributed by atoms with Crippen LogP contribution < -0.4 is 15.2 Å². The minimum atomic E-state index is -0.415. The van der Waals surface area contributed by atoms with Gasteiger partial charge in [0.05, 0.1) is 11.8 Å². The molecule has 2 aromatic rings. The van der Waals surface area contributed by atoms with Crippen LogP contribution in [0.15, 0.2) is 60.2 Å². The fourth-order valence-corrected chi connectivity index (χ4v) is 2.48. The summed E-state index contributed by atoms with van der Waals surface area (Å²) in [4.78, 5) is 24.8. The number of hydrazine groups is 1. The Morgan fingerprint density at radius 3 is 2.60 bits per heavy atom. The van der Waals surface area contributed by atoms with Crippen LogP contribution in [0.4, 0.5) is 5.69 Å². The van der Waals surface area contributed by atoms with Crippen molar-refractivity contribution in [2.24, 2.45) is 0 Å². The highest BCUT2D eigenvalue weighted by Gasteiger charge is 2.34. The van der Waals surface area contributed by atoms with Crippen molar-refractivity contribution in [3.63, 3.8) is 0 Å². The van der Waals surface area contributed by atoms with E-state index in [4.69, 9.17) is 4.74 Å². The van der Waals surface area contributed by atoms with E-state index < -0.39 is 5.91 Å². The first-order valence-corrected chi connectivity index (χ1v) is 8.27. The van der Waals surface area contributed by atoms with E-state index in [-0.39, 0.29) is 17.6 Å². The number of carbonyl (C=O) groups is 2. The quantitative estimate of drug-likeness (QED) is 0.673. The maximum Gasteiger partial charge on any atom is 0.282 e. The number of anilines is 1. The Morgan fingerprint density at radius 2 is 1.88 bits per heavy atom. The number of benzene rings is 2. The average molecular weight is 336 g/mol. The van der Waals surface area contributed by atoms with Gasteiger partial charge >= 0.3 is 0 Å².